The van der Waals surface area contributed by atoms with E-state index in [1.807, 2.05) is 60.7 Å². The first-order valence-electron chi connectivity index (χ1n) is 9.95. The number of benzene rings is 2. The van der Waals surface area contributed by atoms with Crippen LogP contribution in [0.1, 0.15) is 18.1 Å². The molecule has 3 rings (SSSR count). The summed E-state index contributed by atoms with van der Waals surface area (Å²) in [4.78, 5) is 21.3. The molecular weight excluding hydrogens is 412 g/mol. The molecule has 0 aliphatic heterocycles. The SMILES string of the molecule is COC(=O)C(Oc1nc(OC)cc(OC)n1)C(C)(OCc1ccccc1)c1ccccc1. The van der Waals surface area contributed by atoms with E-state index in [0.29, 0.717) is 0 Å². The Labute approximate surface area is 187 Å². The van der Waals surface area contributed by atoms with Crippen molar-refractivity contribution < 1.29 is 28.5 Å². The Balaban J connectivity index is 2.02. The molecule has 1 aromatic heterocycles. The van der Waals surface area contributed by atoms with Gasteiger partial charge in [-0.05, 0) is 18.1 Å². The second kappa shape index (κ2) is 10.6. The third kappa shape index (κ3) is 5.33. The van der Waals surface area contributed by atoms with Crippen molar-refractivity contribution in [1.82, 2.24) is 9.97 Å². The Kier molecular flexibility index (Phi) is 7.62. The molecule has 0 amide bonds. The number of methoxy groups -OCH3 is 3. The Morgan fingerprint density at radius 2 is 1.47 bits per heavy atom. The van der Waals surface area contributed by atoms with Crippen molar-refractivity contribution in [2.45, 2.75) is 25.2 Å². The van der Waals surface area contributed by atoms with E-state index in [-0.39, 0.29) is 24.4 Å². The molecule has 2 atom stereocenters. The van der Waals surface area contributed by atoms with Crippen LogP contribution in [-0.2, 0) is 26.5 Å². The second-order valence-corrected chi connectivity index (χ2v) is 7.00. The molecule has 0 saturated heterocycles. The van der Waals surface area contributed by atoms with E-state index < -0.39 is 17.7 Å². The summed E-state index contributed by atoms with van der Waals surface area (Å²) in [6, 6.07) is 20.4. The number of hydrogen-bond acceptors (Lipinski definition) is 8. The van der Waals surface area contributed by atoms with Crippen LogP contribution in [-0.4, -0.2) is 43.4 Å². The highest BCUT2D eigenvalue weighted by molar-refractivity contribution is 5.77. The van der Waals surface area contributed by atoms with Crippen LogP contribution in [0.25, 0.3) is 0 Å². The second-order valence-electron chi connectivity index (χ2n) is 7.00. The van der Waals surface area contributed by atoms with Gasteiger partial charge in [0.15, 0.2) is 0 Å². The normalized spacial score (nSPS) is 13.5. The fourth-order valence-corrected chi connectivity index (χ4v) is 3.13. The lowest BCUT2D eigenvalue weighted by Gasteiger charge is -2.35. The molecule has 32 heavy (non-hydrogen) atoms. The Hall–Kier alpha value is -3.65. The van der Waals surface area contributed by atoms with Crippen molar-refractivity contribution in [3.8, 4) is 17.8 Å². The number of rotatable bonds is 10. The lowest BCUT2D eigenvalue weighted by atomic mass is 9.89. The number of hydrogen-bond donors (Lipinski definition) is 0. The Bertz CT molecular complexity index is 993. The van der Waals surface area contributed by atoms with E-state index >= 15 is 0 Å². The summed E-state index contributed by atoms with van der Waals surface area (Å²) in [6.07, 6.45) is -1.23. The van der Waals surface area contributed by atoms with Gasteiger partial charge in [0.05, 0.1) is 34.0 Å². The van der Waals surface area contributed by atoms with Gasteiger partial charge in [-0.15, -0.1) is 0 Å². The molecule has 168 valence electrons. The van der Waals surface area contributed by atoms with Gasteiger partial charge >= 0.3 is 12.0 Å². The minimum atomic E-state index is -1.23. The number of aromatic nitrogens is 2. The van der Waals surface area contributed by atoms with E-state index in [2.05, 4.69) is 9.97 Å². The molecule has 2 unspecified atom stereocenters. The summed E-state index contributed by atoms with van der Waals surface area (Å²) in [6.45, 7) is 2.01. The average molecular weight is 438 g/mol. The van der Waals surface area contributed by atoms with Gasteiger partial charge in [0.1, 0.15) is 5.60 Å². The maximum absolute atomic E-state index is 12.9. The molecule has 0 bridgehead atoms. The lowest BCUT2D eigenvalue weighted by molar-refractivity contribution is -0.173. The van der Waals surface area contributed by atoms with E-state index in [0.717, 1.165) is 11.1 Å². The summed E-state index contributed by atoms with van der Waals surface area (Å²) in [5.74, 6) is -0.195. The quantitative estimate of drug-likeness (QED) is 0.444. The van der Waals surface area contributed by atoms with Gasteiger partial charge in [-0.1, -0.05) is 60.7 Å². The fraction of sp³-hybridized carbons (Fsp3) is 0.292. The first kappa shape index (κ1) is 23.0. The molecule has 8 nitrogen and oxygen atoms in total. The third-order valence-electron chi connectivity index (χ3n) is 4.94. The summed E-state index contributed by atoms with van der Waals surface area (Å²) in [7, 11) is 4.20. The molecular formula is C24H26N2O6. The summed E-state index contributed by atoms with van der Waals surface area (Å²) < 4.78 is 27.7. The van der Waals surface area contributed by atoms with Crippen LogP contribution in [0, 0.1) is 0 Å². The van der Waals surface area contributed by atoms with Gasteiger partial charge in [-0.2, -0.15) is 9.97 Å². The summed E-state index contributed by atoms with van der Waals surface area (Å²) in [5.41, 5.74) is 0.433. The zero-order chi connectivity index (χ0) is 23.0. The van der Waals surface area contributed by atoms with E-state index in [1.165, 1.54) is 27.4 Å². The molecule has 0 spiro atoms. The number of carbonyl (C=O) groups excluding carboxylic acids is 1. The number of esters is 1. The summed E-state index contributed by atoms with van der Waals surface area (Å²) in [5, 5.41) is 0. The third-order valence-corrected chi connectivity index (χ3v) is 4.94. The maximum atomic E-state index is 12.9. The molecule has 0 radical (unpaired) electrons. The van der Waals surface area contributed by atoms with Gasteiger partial charge in [0.25, 0.3) is 0 Å². The van der Waals surface area contributed by atoms with Gasteiger partial charge in [0.2, 0.25) is 17.9 Å². The molecule has 0 aliphatic carbocycles. The lowest BCUT2D eigenvalue weighted by Crippen LogP contribution is -2.49. The van der Waals surface area contributed by atoms with Crippen molar-refractivity contribution in [1.29, 1.82) is 0 Å². The fourth-order valence-electron chi connectivity index (χ4n) is 3.13. The highest BCUT2D eigenvalue weighted by Crippen LogP contribution is 2.34. The van der Waals surface area contributed by atoms with E-state index in [4.69, 9.17) is 23.7 Å². The van der Waals surface area contributed by atoms with Crippen molar-refractivity contribution in [3.05, 3.63) is 77.9 Å². The first-order chi connectivity index (χ1) is 15.5. The first-order valence-corrected chi connectivity index (χ1v) is 9.95. The molecule has 1 heterocycles. The monoisotopic (exact) mass is 438 g/mol. The average Bonchev–Trinajstić information content (AvgIpc) is 2.86. The molecule has 0 aliphatic rings. The minimum Gasteiger partial charge on any atom is -0.481 e. The standard InChI is InChI=1S/C24H26N2O6/c1-24(18-13-9-6-10-14-18,31-16-17-11-7-5-8-12-17)21(22(27)30-4)32-23-25-19(28-2)15-20(26-23)29-3/h5-15,21H,16H2,1-4H3. The molecule has 0 saturated carbocycles. The van der Waals surface area contributed by atoms with Crippen LogP contribution in [0.4, 0.5) is 0 Å². The molecule has 0 N–H and O–H groups in total. The van der Waals surface area contributed by atoms with Crippen LogP contribution < -0.4 is 14.2 Å². The van der Waals surface area contributed by atoms with Crippen LogP contribution in [0.5, 0.6) is 17.8 Å². The van der Waals surface area contributed by atoms with Crippen molar-refractivity contribution in [2.24, 2.45) is 0 Å². The smallest absolute Gasteiger partial charge is 0.350 e. The van der Waals surface area contributed by atoms with Crippen LogP contribution in [0.3, 0.4) is 0 Å². The largest absolute Gasteiger partial charge is 0.481 e. The van der Waals surface area contributed by atoms with Gasteiger partial charge < -0.3 is 23.7 Å². The zero-order valence-electron chi connectivity index (χ0n) is 18.5. The van der Waals surface area contributed by atoms with Gasteiger partial charge in [0, 0.05) is 0 Å². The Morgan fingerprint density at radius 1 is 0.906 bits per heavy atom. The number of carbonyl (C=O) groups is 1. The number of ether oxygens (including phenoxy) is 5. The van der Waals surface area contributed by atoms with Crippen molar-refractivity contribution in [2.75, 3.05) is 21.3 Å². The van der Waals surface area contributed by atoms with E-state index in [9.17, 15) is 4.79 Å². The zero-order valence-corrected chi connectivity index (χ0v) is 18.5. The number of nitrogens with zero attached hydrogens (tertiary/aromatic N) is 2. The minimum absolute atomic E-state index is 0.109. The molecule has 8 heteroatoms. The van der Waals surface area contributed by atoms with Crippen molar-refractivity contribution >= 4 is 5.97 Å². The topological polar surface area (TPSA) is 89.0 Å². The predicted molar refractivity (Wildman–Crippen MR) is 117 cm³/mol. The highest BCUT2D eigenvalue weighted by atomic mass is 16.6. The van der Waals surface area contributed by atoms with Crippen LogP contribution >= 0.6 is 0 Å². The maximum Gasteiger partial charge on any atom is 0.350 e. The van der Waals surface area contributed by atoms with Crippen molar-refractivity contribution in [3.63, 3.8) is 0 Å². The van der Waals surface area contributed by atoms with Crippen LogP contribution in [0.15, 0.2) is 66.7 Å². The molecule has 2 aromatic carbocycles. The molecule has 3 aromatic rings. The van der Waals surface area contributed by atoms with Gasteiger partial charge in [-0.25, -0.2) is 4.79 Å². The Morgan fingerprint density at radius 3 is 2.00 bits per heavy atom. The highest BCUT2D eigenvalue weighted by Gasteiger charge is 2.45. The van der Waals surface area contributed by atoms with Crippen LogP contribution in [0.2, 0.25) is 0 Å². The van der Waals surface area contributed by atoms with Gasteiger partial charge in [-0.3, -0.25) is 0 Å². The predicted octanol–water partition coefficient (Wildman–Crippen LogP) is 3.55. The van der Waals surface area contributed by atoms with E-state index in [1.54, 1.807) is 6.92 Å². The summed E-state index contributed by atoms with van der Waals surface area (Å²) >= 11 is 0. The molecule has 0 fully saturated rings.